The standard InChI is InChI=1S/C18H29NO2/c1-5-7-8-15(6-2)13-19-18(20)12-16-9-10-17(21-4)14(3)11-16/h9-11,15H,5-8,12-13H2,1-4H3,(H,19,20)/t15-/m0/s1. The Balaban J connectivity index is 2.44. The predicted molar refractivity (Wildman–Crippen MR) is 87.8 cm³/mol. The van der Waals surface area contributed by atoms with Crippen LogP contribution in [-0.4, -0.2) is 19.6 Å². The van der Waals surface area contributed by atoms with Crippen LogP contribution >= 0.6 is 0 Å². The molecule has 0 aliphatic heterocycles. The molecule has 0 aromatic heterocycles. The van der Waals surface area contributed by atoms with Crippen LogP contribution in [0.2, 0.25) is 0 Å². The van der Waals surface area contributed by atoms with Gasteiger partial charge in [0.05, 0.1) is 13.5 Å². The lowest BCUT2D eigenvalue weighted by atomic mass is 9.99. The zero-order valence-electron chi connectivity index (χ0n) is 13.9. The minimum atomic E-state index is 0.106. The number of benzene rings is 1. The van der Waals surface area contributed by atoms with Crippen molar-refractivity contribution in [2.24, 2.45) is 5.92 Å². The summed E-state index contributed by atoms with van der Waals surface area (Å²) in [7, 11) is 1.66. The van der Waals surface area contributed by atoms with E-state index in [9.17, 15) is 4.79 Å². The number of ether oxygens (including phenoxy) is 1. The summed E-state index contributed by atoms with van der Waals surface area (Å²) in [5.74, 6) is 1.57. The zero-order chi connectivity index (χ0) is 15.7. The lowest BCUT2D eigenvalue weighted by molar-refractivity contribution is -0.120. The largest absolute Gasteiger partial charge is 0.496 e. The molecule has 0 aliphatic rings. The predicted octanol–water partition coefficient (Wildman–Crippen LogP) is 3.88. The van der Waals surface area contributed by atoms with Crippen LogP contribution in [0, 0.1) is 12.8 Å². The van der Waals surface area contributed by atoms with E-state index in [4.69, 9.17) is 4.74 Å². The van der Waals surface area contributed by atoms with Crippen LogP contribution in [0.3, 0.4) is 0 Å². The minimum Gasteiger partial charge on any atom is -0.496 e. The average molecular weight is 291 g/mol. The highest BCUT2D eigenvalue weighted by atomic mass is 16.5. The molecule has 1 N–H and O–H groups in total. The van der Waals surface area contributed by atoms with Crippen LogP contribution in [0.4, 0.5) is 0 Å². The summed E-state index contributed by atoms with van der Waals surface area (Å²) >= 11 is 0. The molecule has 0 fully saturated rings. The van der Waals surface area contributed by atoms with Crippen molar-refractivity contribution in [3.63, 3.8) is 0 Å². The number of aryl methyl sites for hydroxylation is 1. The van der Waals surface area contributed by atoms with E-state index in [2.05, 4.69) is 19.2 Å². The smallest absolute Gasteiger partial charge is 0.224 e. The van der Waals surface area contributed by atoms with E-state index in [0.29, 0.717) is 12.3 Å². The summed E-state index contributed by atoms with van der Waals surface area (Å²) in [5.41, 5.74) is 2.10. The Labute approximate surface area is 129 Å². The molecule has 21 heavy (non-hydrogen) atoms. The van der Waals surface area contributed by atoms with Gasteiger partial charge >= 0.3 is 0 Å². The van der Waals surface area contributed by atoms with E-state index >= 15 is 0 Å². The van der Waals surface area contributed by atoms with Crippen LogP contribution < -0.4 is 10.1 Å². The highest BCUT2D eigenvalue weighted by Crippen LogP contribution is 2.18. The summed E-state index contributed by atoms with van der Waals surface area (Å²) in [4.78, 5) is 12.0. The normalized spacial score (nSPS) is 12.0. The number of hydrogen-bond donors (Lipinski definition) is 1. The maximum absolute atomic E-state index is 12.0. The summed E-state index contributed by atoms with van der Waals surface area (Å²) < 4.78 is 5.24. The summed E-state index contributed by atoms with van der Waals surface area (Å²) in [6.45, 7) is 7.19. The van der Waals surface area contributed by atoms with E-state index in [0.717, 1.165) is 29.8 Å². The van der Waals surface area contributed by atoms with E-state index < -0.39 is 0 Å². The van der Waals surface area contributed by atoms with Gasteiger partial charge in [-0.1, -0.05) is 45.2 Å². The second-order valence-electron chi connectivity index (χ2n) is 5.70. The number of nitrogens with one attached hydrogen (secondary N) is 1. The molecular weight excluding hydrogens is 262 g/mol. The van der Waals surface area contributed by atoms with Gasteiger partial charge < -0.3 is 10.1 Å². The van der Waals surface area contributed by atoms with E-state index in [-0.39, 0.29) is 5.91 Å². The molecule has 1 amide bonds. The molecule has 0 radical (unpaired) electrons. The van der Waals surface area contributed by atoms with Crippen molar-refractivity contribution in [3.05, 3.63) is 29.3 Å². The quantitative estimate of drug-likeness (QED) is 0.750. The molecule has 1 rings (SSSR count). The first-order valence-electron chi connectivity index (χ1n) is 8.00. The van der Waals surface area contributed by atoms with Crippen LogP contribution in [0.25, 0.3) is 0 Å². The van der Waals surface area contributed by atoms with Crippen molar-refractivity contribution >= 4 is 5.91 Å². The minimum absolute atomic E-state index is 0.106. The van der Waals surface area contributed by atoms with Crippen molar-refractivity contribution in [1.82, 2.24) is 5.32 Å². The second kappa shape index (κ2) is 9.43. The van der Waals surface area contributed by atoms with Crippen molar-refractivity contribution < 1.29 is 9.53 Å². The van der Waals surface area contributed by atoms with Gasteiger partial charge in [-0.25, -0.2) is 0 Å². The van der Waals surface area contributed by atoms with Crippen LogP contribution in [0.5, 0.6) is 5.75 Å². The second-order valence-corrected chi connectivity index (χ2v) is 5.70. The van der Waals surface area contributed by atoms with Gasteiger partial charge in [0.15, 0.2) is 0 Å². The zero-order valence-corrected chi connectivity index (χ0v) is 13.9. The number of carbonyl (C=O) groups excluding carboxylic acids is 1. The number of unbranched alkanes of at least 4 members (excludes halogenated alkanes) is 1. The number of methoxy groups -OCH3 is 1. The fraction of sp³-hybridized carbons (Fsp3) is 0.611. The van der Waals surface area contributed by atoms with Gasteiger partial charge in [-0.05, 0) is 36.5 Å². The summed E-state index contributed by atoms with van der Waals surface area (Å²) in [5, 5.41) is 3.07. The number of carbonyl (C=O) groups is 1. The van der Waals surface area contributed by atoms with Gasteiger partial charge in [-0.3, -0.25) is 4.79 Å². The average Bonchev–Trinajstić information content (AvgIpc) is 2.47. The van der Waals surface area contributed by atoms with Crippen LogP contribution in [0.1, 0.15) is 50.7 Å². The Kier molecular flexibility index (Phi) is 7.88. The van der Waals surface area contributed by atoms with Gasteiger partial charge in [0.2, 0.25) is 5.91 Å². The molecule has 0 saturated carbocycles. The van der Waals surface area contributed by atoms with E-state index in [1.807, 2.05) is 25.1 Å². The van der Waals surface area contributed by atoms with Gasteiger partial charge in [-0.15, -0.1) is 0 Å². The third-order valence-corrected chi connectivity index (χ3v) is 3.96. The van der Waals surface area contributed by atoms with Gasteiger partial charge in [0, 0.05) is 6.54 Å². The molecule has 0 spiro atoms. The topological polar surface area (TPSA) is 38.3 Å². The Morgan fingerprint density at radius 3 is 2.67 bits per heavy atom. The molecule has 0 saturated heterocycles. The monoisotopic (exact) mass is 291 g/mol. The Bertz CT molecular complexity index is 443. The Hall–Kier alpha value is -1.51. The Morgan fingerprint density at radius 1 is 1.33 bits per heavy atom. The van der Waals surface area contributed by atoms with Crippen molar-refractivity contribution in [2.45, 2.75) is 52.9 Å². The summed E-state index contributed by atoms with van der Waals surface area (Å²) in [6, 6.07) is 5.90. The number of rotatable bonds is 9. The highest BCUT2D eigenvalue weighted by Gasteiger charge is 2.09. The van der Waals surface area contributed by atoms with Crippen molar-refractivity contribution in [3.8, 4) is 5.75 Å². The third-order valence-electron chi connectivity index (χ3n) is 3.96. The van der Waals surface area contributed by atoms with Crippen LogP contribution in [0.15, 0.2) is 18.2 Å². The third kappa shape index (κ3) is 6.19. The lowest BCUT2D eigenvalue weighted by Gasteiger charge is -2.15. The molecule has 0 aliphatic carbocycles. The maximum atomic E-state index is 12.0. The van der Waals surface area contributed by atoms with E-state index in [1.165, 1.54) is 19.3 Å². The van der Waals surface area contributed by atoms with Crippen molar-refractivity contribution in [2.75, 3.05) is 13.7 Å². The SMILES string of the molecule is CCCC[C@H](CC)CNC(=O)Cc1ccc(OC)c(C)c1. The molecule has 0 unspecified atom stereocenters. The van der Waals surface area contributed by atoms with Gasteiger partial charge in [0.1, 0.15) is 5.75 Å². The molecule has 1 atom stereocenters. The fourth-order valence-corrected chi connectivity index (χ4v) is 2.50. The molecule has 0 bridgehead atoms. The molecular formula is C18H29NO2. The van der Waals surface area contributed by atoms with Gasteiger partial charge in [-0.2, -0.15) is 0 Å². The van der Waals surface area contributed by atoms with Crippen molar-refractivity contribution in [1.29, 1.82) is 0 Å². The van der Waals surface area contributed by atoms with E-state index in [1.54, 1.807) is 7.11 Å². The Morgan fingerprint density at radius 2 is 2.10 bits per heavy atom. The maximum Gasteiger partial charge on any atom is 0.224 e. The molecule has 0 heterocycles. The first-order valence-corrected chi connectivity index (χ1v) is 8.00. The number of amides is 1. The lowest BCUT2D eigenvalue weighted by Crippen LogP contribution is -2.30. The number of hydrogen-bond acceptors (Lipinski definition) is 2. The molecule has 3 nitrogen and oxygen atoms in total. The molecule has 3 heteroatoms. The fourth-order valence-electron chi connectivity index (χ4n) is 2.50. The molecule has 1 aromatic rings. The first-order chi connectivity index (χ1) is 10.1. The molecule has 118 valence electrons. The van der Waals surface area contributed by atoms with Gasteiger partial charge in [0.25, 0.3) is 0 Å². The molecule has 1 aromatic carbocycles. The highest BCUT2D eigenvalue weighted by molar-refractivity contribution is 5.78. The summed E-state index contributed by atoms with van der Waals surface area (Å²) in [6.07, 6.45) is 5.23. The first kappa shape index (κ1) is 17.5. The van der Waals surface area contributed by atoms with Crippen LogP contribution in [-0.2, 0) is 11.2 Å².